The van der Waals surface area contributed by atoms with E-state index in [1.54, 1.807) is 0 Å². The van der Waals surface area contributed by atoms with Crippen LogP contribution in [0.1, 0.15) is 20.3 Å². The van der Waals surface area contributed by atoms with Crippen LogP contribution in [-0.2, 0) is 4.79 Å². The molecule has 0 amide bonds. The molecule has 0 heterocycles. The second kappa shape index (κ2) is 6.80. The fraction of sp³-hybridized carbons (Fsp3) is 0.222. The first kappa shape index (κ1) is 14.2. The predicted octanol–water partition coefficient (Wildman–Crippen LogP) is 4.51. The van der Waals surface area contributed by atoms with Crippen molar-refractivity contribution in [1.82, 2.24) is 0 Å². The first-order valence-electron chi connectivity index (χ1n) is 6.91. The maximum Gasteiger partial charge on any atom is 0.359 e. The normalized spacial score (nSPS) is 11.7. The molecule has 2 heteroatoms. The van der Waals surface area contributed by atoms with Gasteiger partial charge in [-0.3, -0.25) is 0 Å². The fourth-order valence-electron chi connectivity index (χ4n) is 2.00. The van der Waals surface area contributed by atoms with Gasteiger partial charge in [0.15, 0.2) is 5.92 Å². The lowest BCUT2D eigenvalue weighted by Gasteiger charge is -2.06. The SMILES string of the molecule is CC[CH+]C(C)C(=O)Oc1ccc(-c2ccccc2)cc1. The Morgan fingerprint density at radius 1 is 1.05 bits per heavy atom. The third kappa shape index (κ3) is 3.64. The van der Waals surface area contributed by atoms with Gasteiger partial charge in [0.1, 0.15) is 5.75 Å². The molecule has 1 atom stereocenters. The number of carbonyl (C=O) groups is 1. The standard InChI is InChI=1S/C18H19O2/c1-3-7-14(2)18(19)20-17-12-10-16(11-13-17)15-8-5-4-6-9-15/h4-14H,3H2,1-2H3/q+1. The van der Waals surface area contributed by atoms with Crippen molar-refractivity contribution in [3.8, 4) is 16.9 Å². The average Bonchev–Trinajstić information content (AvgIpc) is 2.49. The summed E-state index contributed by atoms with van der Waals surface area (Å²) in [7, 11) is 0. The van der Waals surface area contributed by atoms with Crippen molar-refractivity contribution in [1.29, 1.82) is 0 Å². The Balaban J connectivity index is 2.04. The Hall–Kier alpha value is -2.22. The lowest BCUT2D eigenvalue weighted by Crippen LogP contribution is -2.17. The van der Waals surface area contributed by atoms with E-state index in [0.717, 1.165) is 17.5 Å². The molecular weight excluding hydrogens is 248 g/mol. The molecule has 0 radical (unpaired) electrons. The highest BCUT2D eigenvalue weighted by Crippen LogP contribution is 2.22. The number of hydrogen-bond donors (Lipinski definition) is 0. The molecule has 0 aliphatic rings. The molecule has 0 aliphatic carbocycles. The van der Waals surface area contributed by atoms with E-state index < -0.39 is 0 Å². The molecule has 0 fully saturated rings. The fourth-order valence-corrected chi connectivity index (χ4v) is 2.00. The van der Waals surface area contributed by atoms with Crippen molar-refractivity contribution in [3.05, 3.63) is 61.0 Å². The number of ether oxygens (including phenoxy) is 1. The van der Waals surface area contributed by atoms with Crippen molar-refractivity contribution in [3.63, 3.8) is 0 Å². The van der Waals surface area contributed by atoms with Crippen LogP contribution in [0.5, 0.6) is 5.75 Å². The van der Waals surface area contributed by atoms with Gasteiger partial charge >= 0.3 is 5.97 Å². The van der Waals surface area contributed by atoms with E-state index in [2.05, 4.69) is 12.1 Å². The van der Waals surface area contributed by atoms with E-state index in [4.69, 9.17) is 4.74 Å². The zero-order valence-electron chi connectivity index (χ0n) is 11.9. The summed E-state index contributed by atoms with van der Waals surface area (Å²) in [6.45, 7) is 3.86. The van der Waals surface area contributed by atoms with Crippen LogP contribution in [-0.4, -0.2) is 5.97 Å². The van der Waals surface area contributed by atoms with E-state index in [1.165, 1.54) is 0 Å². The van der Waals surface area contributed by atoms with Gasteiger partial charge in [0.25, 0.3) is 0 Å². The molecular formula is C18H19O2+. The molecule has 0 saturated carbocycles. The van der Waals surface area contributed by atoms with Gasteiger partial charge in [-0.25, -0.2) is 4.79 Å². The summed E-state index contributed by atoms with van der Waals surface area (Å²) in [6, 6.07) is 17.7. The summed E-state index contributed by atoms with van der Waals surface area (Å²) in [6.07, 6.45) is 2.81. The molecule has 0 aromatic heterocycles. The molecule has 0 N–H and O–H groups in total. The molecule has 20 heavy (non-hydrogen) atoms. The van der Waals surface area contributed by atoms with Crippen LogP contribution >= 0.6 is 0 Å². The second-order valence-corrected chi connectivity index (χ2v) is 4.74. The highest BCUT2D eigenvalue weighted by Gasteiger charge is 2.21. The summed E-state index contributed by atoms with van der Waals surface area (Å²) in [5.41, 5.74) is 2.26. The number of hydrogen-bond acceptors (Lipinski definition) is 2. The van der Waals surface area contributed by atoms with Crippen LogP contribution in [0.15, 0.2) is 54.6 Å². The zero-order chi connectivity index (χ0) is 14.4. The van der Waals surface area contributed by atoms with Gasteiger partial charge in [-0.05, 0) is 37.1 Å². The average molecular weight is 267 g/mol. The van der Waals surface area contributed by atoms with Gasteiger partial charge in [0.2, 0.25) is 0 Å². The topological polar surface area (TPSA) is 26.3 Å². The molecule has 0 saturated heterocycles. The van der Waals surface area contributed by atoms with Crippen LogP contribution in [0.2, 0.25) is 0 Å². The minimum atomic E-state index is -0.209. The molecule has 2 aromatic rings. The maximum absolute atomic E-state index is 11.8. The number of rotatable bonds is 5. The van der Waals surface area contributed by atoms with Crippen molar-refractivity contribution in [2.24, 2.45) is 5.92 Å². The third-order valence-electron chi connectivity index (χ3n) is 3.14. The first-order chi connectivity index (χ1) is 9.70. The molecule has 0 bridgehead atoms. The molecule has 2 rings (SSSR count). The van der Waals surface area contributed by atoms with Gasteiger partial charge < -0.3 is 4.74 Å². The molecule has 0 aliphatic heterocycles. The van der Waals surface area contributed by atoms with Crippen LogP contribution < -0.4 is 4.74 Å². The van der Waals surface area contributed by atoms with Gasteiger partial charge in [-0.1, -0.05) is 42.5 Å². The van der Waals surface area contributed by atoms with Crippen LogP contribution in [0, 0.1) is 12.3 Å². The van der Waals surface area contributed by atoms with Gasteiger partial charge in [0, 0.05) is 0 Å². The summed E-state index contributed by atoms with van der Waals surface area (Å²) < 4.78 is 5.35. The second-order valence-electron chi connectivity index (χ2n) is 4.74. The van der Waals surface area contributed by atoms with Gasteiger partial charge in [-0.2, -0.15) is 0 Å². The van der Waals surface area contributed by atoms with E-state index in [1.807, 2.05) is 62.7 Å². The highest BCUT2D eigenvalue weighted by molar-refractivity contribution is 5.76. The molecule has 0 spiro atoms. The van der Waals surface area contributed by atoms with E-state index in [0.29, 0.717) is 5.75 Å². The molecule has 2 aromatic carbocycles. The van der Waals surface area contributed by atoms with Crippen molar-refractivity contribution in [2.75, 3.05) is 0 Å². The Morgan fingerprint density at radius 2 is 1.65 bits per heavy atom. The quantitative estimate of drug-likeness (QED) is 0.452. The lowest BCUT2D eigenvalue weighted by atomic mass is 10.1. The third-order valence-corrected chi connectivity index (χ3v) is 3.14. The zero-order valence-corrected chi connectivity index (χ0v) is 11.9. The van der Waals surface area contributed by atoms with E-state index in [9.17, 15) is 4.79 Å². The molecule has 1 unspecified atom stereocenters. The Kier molecular flexibility index (Phi) is 4.83. The van der Waals surface area contributed by atoms with Crippen LogP contribution in [0.25, 0.3) is 11.1 Å². The largest absolute Gasteiger partial charge is 0.423 e. The van der Waals surface area contributed by atoms with Gasteiger partial charge in [-0.15, -0.1) is 0 Å². The predicted molar refractivity (Wildman–Crippen MR) is 81.3 cm³/mol. The highest BCUT2D eigenvalue weighted by atomic mass is 16.5. The van der Waals surface area contributed by atoms with Crippen molar-refractivity contribution < 1.29 is 9.53 Å². The Bertz CT molecular complexity index is 543. The Morgan fingerprint density at radius 3 is 2.25 bits per heavy atom. The minimum absolute atomic E-state index is 0.172. The Labute approximate surface area is 120 Å². The maximum atomic E-state index is 11.8. The summed E-state index contributed by atoms with van der Waals surface area (Å²) in [5, 5.41) is 0. The lowest BCUT2D eigenvalue weighted by molar-refractivity contribution is -0.137. The summed E-state index contributed by atoms with van der Waals surface area (Å²) in [5.74, 6) is 0.208. The molecule has 2 nitrogen and oxygen atoms in total. The number of benzene rings is 2. The van der Waals surface area contributed by atoms with E-state index >= 15 is 0 Å². The number of esters is 1. The molecule has 102 valence electrons. The van der Waals surface area contributed by atoms with Crippen LogP contribution in [0.3, 0.4) is 0 Å². The minimum Gasteiger partial charge on any atom is -0.423 e. The first-order valence-corrected chi connectivity index (χ1v) is 6.91. The smallest absolute Gasteiger partial charge is 0.359 e. The summed E-state index contributed by atoms with van der Waals surface area (Å²) in [4.78, 5) is 11.8. The van der Waals surface area contributed by atoms with E-state index in [-0.39, 0.29) is 11.9 Å². The van der Waals surface area contributed by atoms with Crippen molar-refractivity contribution >= 4 is 5.97 Å². The monoisotopic (exact) mass is 267 g/mol. The van der Waals surface area contributed by atoms with Gasteiger partial charge in [0.05, 0.1) is 12.8 Å². The van der Waals surface area contributed by atoms with Crippen LogP contribution in [0.4, 0.5) is 0 Å². The van der Waals surface area contributed by atoms with Crippen molar-refractivity contribution in [2.45, 2.75) is 20.3 Å². The number of carbonyl (C=O) groups excluding carboxylic acids is 1. The summed E-state index contributed by atoms with van der Waals surface area (Å²) >= 11 is 0.